The average molecular weight is 359 g/mol. The van der Waals surface area contributed by atoms with Crippen LogP contribution in [0.3, 0.4) is 0 Å². The fourth-order valence-electron chi connectivity index (χ4n) is 1.91. The molecule has 3 rings (SSSR count). The molecule has 0 saturated carbocycles. The molecule has 2 aromatic heterocycles. The first-order valence-corrected chi connectivity index (χ1v) is 8.19. The highest BCUT2D eigenvalue weighted by Crippen LogP contribution is 2.23. The number of hydrogen-bond donors (Lipinski definition) is 2. The summed E-state index contributed by atoms with van der Waals surface area (Å²) < 4.78 is 10.5. The van der Waals surface area contributed by atoms with Crippen LogP contribution >= 0.6 is 11.8 Å². The van der Waals surface area contributed by atoms with E-state index in [1.165, 1.54) is 18.4 Å². The summed E-state index contributed by atoms with van der Waals surface area (Å²) in [7, 11) is 0. The first-order valence-electron chi connectivity index (χ1n) is 7.21. The number of amides is 1. The number of carbonyl (C=O) groups is 2. The van der Waals surface area contributed by atoms with Crippen LogP contribution in [-0.2, 0) is 11.3 Å². The van der Waals surface area contributed by atoms with E-state index in [2.05, 4.69) is 15.5 Å². The number of carboxylic acid groups (broad SMARTS) is 1. The number of carbonyl (C=O) groups excluding carboxylic acids is 1. The summed E-state index contributed by atoms with van der Waals surface area (Å²) >= 11 is 1.12. The van der Waals surface area contributed by atoms with Crippen LogP contribution in [0.2, 0.25) is 0 Å². The number of thioether (sulfide) groups is 1. The summed E-state index contributed by atoms with van der Waals surface area (Å²) in [5, 5.41) is 19.5. The predicted octanol–water partition coefficient (Wildman–Crippen LogP) is 2.44. The molecule has 3 aromatic rings. The third-order valence-electron chi connectivity index (χ3n) is 3.16. The van der Waals surface area contributed by atoms with Crippen LogP contribution in [-0.4, -0.2) is 32.9 Å². The molecule has 2 heterocycles. The highest BCUT2D eigenvalue weighted by molar-refractivity contribution is 7.99. The Morgan fingerprint density at radius 3 is 2.64 bits per heavy atom. The van der Waals surface area contributed by atoms with Crippen molar-refractivity contribution in [1.82, 2.24) is 15.5 Å². The molecule has 2 N–H and O–H groups in total. The van der Waals surface area contributed by atoms with Crippen LogP contribution in [0.1, 0.15) is 15.9 Å². The highest BCUT2D eigenvalue weighted by atomic mass is 32.2. The number of furan rings is 1. The summed E-state index contributed by atoms with van der Waals surface area (Å²) in [5.74, 6) is -0.349. The maximum absolute atomic E-state index is 11.9. The lowest BCUT2D eigenvalue weighted by molar-refractivity contribution is -0.118. The Balaban J connectivity index is 1.46. The Morgan fingerprint density at radius 2 is 1.96 bits per heavy atom. The third-order valence-corrected chi connectivity index (χ3v) is 3.97. The summed E-state index contributed by atoms with van der Waals surface area (Å²) in [6, 6.07) is 9.71. The molecule has 1 amide bonds. The van der Waals surface area contributed by atoms with Crippen LogP contribution in [0.15, 0.2) is 56.7 Å². The molecule has 0 spiro atoms. The van der Waals surface area contributed by atoms with Crippen molar-refractivity contribution in [1.29, 1.82) is 0 Å². The quantitative estimate of drug-likeness (QED) is 0.618. The SMILES string of the molecule is O=C(CSc1nnc(-c2ccco2)o1)NCc1ccc(C(=O)O)cc1. The van der Waals surface area contributed by atoms with Crippen LogP contribution in [0.4, 0.5) is 0 Å². The lowest BCUT2D eigenvalue weighted by atomic mass is 10.1. The van der Waals surface area contributed by atoms with Gasteiger partial charge in [0.05, 0.1) is 17.6 Å². The molecular formula is C16H13N3O5S. The van der Waals surface area contributed by atoms with Crippen LogP contribution in [0.25, 0.3) is 11.7 Å². The van der Waals surface area contributed by atoms with Gasteiger partial charge < -0.3 is 19.3 Å². The van der Waals surface area contributed by atoms with Gasteiger partial charge in [-0.3, -0.25) is 4.79 Å². The second-order valence-corrected chi connectivity index (χ2v) is 5.84. The van der Waals surface area contributed by atoms with Gasteiger partial charge in [-0.2, -0.15) is 0 Å². The van der Waals surface area contributed by atoms with Gasteiger partial charge in [0.15, 0.2) is 5.76 Å². The van der Waals surface area contributed by atoms with E-state index in [-0.39, 0.29) is 28.3 Å². The maximum Gasteiger partial charge on any atom is 0.335 e. The molecule has 0 aliphatic carbocycles. The van der Waals surface area contributed by atoms with Gasteiger partial charge in [0.25, 0.3) is 11.1 Å². The molecule has 0 unspecified atom stereocenters. The molecule has 0 atom stereocenters. The number of carboxylic acids is 1. The van der Waals surface area contributed by atoms with E-state index in [1.807, 2.05) is 0 Å². The second kappa shape index (κ2) is 7.67. The molecule has 8 nitrogen and oxygen atoms in total. The molecule has 0 saturated heterocycles. The lowest BCUT2D eigenvalue weighted by Crippen LogP contribution is -2.24. The minimum atomic E-state index is -0.986. The van der Waals surface area contributed by atoms with Gasteiger partial charge >= 0.3 is 5.97 Å². The van der Waals surface area contributed by atoms with Crippen LogP contribution < -0.4 is 5.32 Å². The van der Waals surface area contributed by atoms with E-state index >= 15 is 0 Å². The van der Waals surface area contributed by atoms with Crippen molar-refractivity contribution in [3.63, 3.8) is 0 Å². The highest BCUT2D eigenvalue weighted by Gasteiger charge is 2.12. The van der Waals surface area contributed by atoms with Crippen molar-refractivity contribution in [3.05, 3.63) is 53.8 Å². The van der Waals surface area contributed by atoms with Gasteiger partial charge in [0, 0.05) is 6.54 Å². The monoisotopic (exact) mass is 359 g/mol. The van der Waals surface area contributed by atoms with Crippen LogP contribution in [0, 0.1) is 0 Å². The van der Waals surface area contributed by atoms with Crippen molar-refractivity contribution in [2.24, 2.45) is 0 Å². The minimum absolute atomic E-state index is 0.118. The molecule has 0 aliphatic rings. The van der Waals surface area contributed by atoms with Crippen molar-refractivity contribution in [2.75, 3.05) is 5.75 Å². The first kappa shape index (κ1) is 16.8. The molecule has 0 aliphatic heterocycles. The zero-order chi connectivity index (χ0) is 17.6. The molecule has 1 aromatic carbocycles. The molecule has 0 bridgehead atoms. The van der Waals surface area contributed by atoms with E-state index in [1.54, 1.807) is 24.3 Å². The van der Waals surface area contributed by atoms with E-state index in [4.69, 9.17) is 13.9 Å². The van der Waals surface area contributed by atoms with Gasteiger partial charge in [-0.25, -0.2) is 4.79 Å². The Bertz CT molecular complexity index is 858. The number of nitrogens with zero attached hydrogens (tertiary/aromatic N) is 2. The van der Waals surface area contributed by atoms with Gasteiger partial charge in [0.1, 0.15) is 0 Å². The zero-order valence-electron chi connectivity index (χ0n) is 12.8. The number of aromatic nitrogens is 2. The van der Waals surface area contributed by atoms with Crippen LogP contribution in [0.5, 0.6) is 0 Å². The average Bonchev–Trinajstić information content (AvgIpc) is 3.29. The number of nitrogens with one attached hydrogen (secondary N) is 1. The normalized spacial score (nSPS) is 10.6. The Morgan fingerprint density at radius 1 is 1.16 bits per heavy atom. The summed E-state index contributed by atoms with van der Waals surface area (Å²) in [6.45, 7) is 0.306. The molecule has 128 valence electrons. The Labute approximate surface area is 146 Å². The molecule has 25 heavy (non-hydrogen) atoms. The maximum atomic E-state index is 11.9. The third kappa shape index (κ3) is 4.48. The molecule has 0 fully saturated rings. The fraction of sp³-hybridized carbons (Fsp3) is 0.125. The smallest absolute Gasteiger partial charge is 0.335 e. The summed E-state index contributed by atoms with van der Waals surface area (Å²) in [4.78, 5) is 22.6. The standard InChI is InChI=1S/C16H13N3O5S/c20-13(17-8-10-3-5-11(6-4-10)15(21)22)9-25-16-19-18-14(24-16)12-2-1-7-23-12/h1-7H,8-9H2,(H,17,20)(H,21,22). The number of hydrogen-bond acceptors (Lipinski definition) is 7. The van der Waals surface area contributed by atoms with Crippen molar-refractivity contribution in [2.45, 2.75) is 11.8 Å². The Hall–Kier alpha value is -3.07. The second-order valence-electron chi connectivity index (χ2n) is 4.92. The Kier molecular flexibility index (Phi) is 5.14. The summed E-state index contributed by atoms with van der Waals surface area (Å²) in [6.07, 6.45) is 1.50. The van der Waals surface area contributed by atoms with E-state index < -0.39 is 5.97 Å². The van der Waals surface area contributed by atoms with E-state index in [0.717, 1.165) is 17.3 Å². The van der Waals surface area contributed by atoms with Crippen molar-refractivity contribution >= 4 is 23.6 Å². The van der Waals surface area contributed by atoms with Crippen molar-refractivity contribution < 1.29 is 23.5 Å². The van der Waals surface area contributed by atoms with E-state index in [0.29, 0.717) is 12.3 Å². The number of rotatable bonds is 7. The van der Waals surface area contributed by atoms with Gasteiger partial charge in [-0.15, -0.1) is 10.2 Å². The van der Waals surface area contributed by atoms with Gasteiger partial charge in [0.2, 0.25) is 5.91 Å². The molecule has 0 radical (unpaired) electrons. The number of aromatic carboxylic acids is 1. The predicted molar refractivity (Wildman–Crippen MR) is 88.0 cm³/mol. The topological polar surface area (TPSA) is 118 Å². The molecular weight excluding hydrogens is 346 g/mol. The fourth-order valence-corrected chi connectivity index (χ4v) is 2.51. The zero-order valence-corrected chi connectivity index (χ0v) is 13.7. The molecule has 9 heteroatoms. The minimum Gasteiger partial charge on any atom is -0.478 e. The van der Waals surface area contributed by atoms with E-state index in [9.17, 15) is 9.59 Å². The van der Waals surface area contributed by atoms with Gasteiger partial charge in [-0.1, -0.05) is 23.9 Å². The largest absolute Gasteiger partial charge is 0.478 e. The number of benzene rings is 1. The first-order chi connectivity index (χ1) is 12.1. The van der Waals surface area contributed by atoms with Crippen molar-refractivity contribution in [3.8, 4) is 11.7 Å². The van der Waals surface area contributed by atoms with Gasteiger partial charge in [-0.05, 0) is 29.8 Å². The lowest BCUT2D eigenvalue weighted by Gasteiger charge is -2.04. The summed E-state index contributed by atoms with van der Waals surface area (Å²) in [5.41, 5.74) is 1.01.